The number of nitrogens with one attached hydrogen (secondary N) is 1. The summed E-state index contributed by atoms with van der Waals surface area (Å²) >= 11 is 0. The quantitative estimate of drug-likeness (QED) is 0.861. The summed E-state index contributed by atoms with van der Waals surface area (Å²) in [6.07, 6.45) is 1.57. The zero-order valence-electron chi connectivity index (χ0n) is 14.1. The Bertz CT molecular complexity index is 834. The first-order valence-electron chi connectivity index (χ1n) is 7.64. The SMILES string of the molecule is Cc1ccc(NC(=O)[C@@]2(C)Oc3cccnc3N(C)C2=O)c(C)c1. The van der Waals surface area contributed by atoms with Crippen LogP contribution in [0.2, 0.25) is 0 Å². The predicted octanol–water partition coefficient (Wildman–Crippen LogP) is 2.45. The highest BCUT2D eigenvalue weighted by atomic mass is 16.5. The molecule has 6 nitrogen and oxygen atoms in total. The second-order valence-corrected chi connectivity index (χ2v) is 6.10. The number of amides is 2. The van der Waals surface area contributed by atoms with Crippen molar-refractivity contribution in [2.75, 3.05) is 17.3 Å². The van der Waals surface area contributed by atoms with E-state index >= 15 is 0 Å². The number of fused-ring (bicyclic) bond motifs is 1. The molecule has 0 radical (unpaired) electrons. The van der Waals surface area contributed by atoms with Gasteiger partial charge in [-0.1, -0.05) is 17.7 Å². The van der Waals surface area contributed by atoms with Gasteiger partial charge in [-0.15, -0.1) is 0 Å². The van der Waals surface area contributed by atoms with Crippen LogP contribution in [-0.2, 0) is 9.59 Å². The highest BCUT2D eigenvalue weighted by Gasteiger charge is 2.50. The molecule has 24 heavy (non-hydrogen) atoms. The Hall–Kier alpha value is -2.89. The summed E-state index contributed by atoms with van der Waals surface area (Å²) in [5.74, 6) is -0.172. The van der Waals surface area contributed by atoms with Gasteiger partial charge in [-0.2, -0.15) is 0 Å². The van der Waals surface area contributed by atoms with Gasteiger partial charge in [0.05, 0.1) is 0 Å². The van der Waals surface area contributed by atoms with Crippen LogP contribution >= 0.6 is 0 Å². The molecule has 0 unspecified atom stereocenters. The number of aryl methyl sites for hydroxylation is 2. The fraction of sp³-hybridized carbons (Fsp3) is 0.278. The van der Waals surface area contributed by atoms with Crippen molar-refractivity contribution in [1.29, 1.82) is 0 Å². The summed E-state index contributed by atoms with van der Waals surface area (Å²) in [4.78, 5) is 30.9. The molecule has 1 aliphatic rings. The molecule has 0 fully saturated rings. The van der Waals surface area contributed by atoms with Crippen molar-refractivity contribution < 1.29 is 14.3 Å². The molecule has 2 amide bonds. The van der Waals surface area contributed by atoms with Crippen LogP contribution < -0.4 is 15.0 Å². The number of likely N-dealkylation sites (N-methyl/N-ethyl adjacent to an activating group) is 1. The summed E-state index contributed by atoms with van der Waals surface area (Å²) in [7, 11) is 1.58. The molecule has 6 heteroatoms. The van der Waals surface area contributed by atoms with Crippen molar-refractivity contribution in [3.63, 3.8) is 0 Å². The third kappa shape index (κ3) is 2.50. The molecule has 1 aromatic carbocycles. The zero-order chi connectivity index (χ0) is 17.5. The highest BCUT2D eigenvalue weighted by molar-refractivity contribution is 6.19. The van der Waals surface area contributed by atoms with Crippen LogP contribution in [0.4, 0.5) is 11.5 Å². The predicted molar refractivity (Wildman–Crippen MR) is 91.2 cm³/mol. The minimum absolute atomic E-state index is 0.401. The van der Waals surface area contributed by atoms with E-state index in [0.717, 1.165) is 11.1 Å². The van der Waals surface area contributed by atoms with Crippen LogP contribution in [-0.4, -0.2) is 29.4 Å². The lowest BCUT2D eigenvalue weighted by molar-refractivity contribution is -0.145. The lowest BCUT2D eigenvalue weighted by Gasteiger charge is -2.37. The number of anilines is 2. The van der Waals surface area contributed by atoms with Crippen molar-refractivity contribution in [2.24, 2.45) is 0 Å². The minimum atomic E-state index is -1.65. The van der Waals surface area contributed by atoms with Crippen LogP contribution in [0, 0.1) is 13.8 Å². The van der Waals surface area contributed by atoms with Crippen LogP contribution in [0.25, 0.3) is 0 Å². The van der Waals surface area contributed by atoms with E-state index in [4.69, 9.17) is 4.74 Å². The molecule has 1 atom stereocenters. The normalized spacial score (nSPS) is 19.5. The van der Waals surface area contributed by atoms with Gasteiger partial charge in [0.2, 0.25) is 0 Å². The number of hydrogen-bond acceptors (Lipinski definition) is 4. The number of carbonyl (C=O) groups is 2. The van der Waals surface area contributed by atoms with E-state index < -0.39 is 17.4 Å². The van der Waals surface area contributed by atoms with Gasteiger partial charge in [-0.25, -0.2) is 4.98 Å². The molecule has 2 aromatic rings. The molecule has 3 rings (SSSR count). The summed E-state index contributed by atoms with van der Waals surface area (Å²) in [6, 6.07) is 9.07. The zero-order valence-corrected chi connectivity index (χ0v) is 14.1. The van der Waals surface area contributed by atoms with Gasteiger partial charge in [-0.3, -0.25) is 14.5 Å². The maximum atomic E-state index is 12.8. The van der Waals surface area contributed by atoms with Gasteiger partial charge in [0, 0.05) is 18.9 Å². The largest absolute Gasteiger partial charge is 0.464 e. The average molecular weight is 325 g/mol. The van der Waals surface area contributed by atoms with E-state index in [-0.39, 0.29) is 0 Å². The molecule has 1 N–H and O–H groups in total. The first-order chi connectivity index (χ1) is 11.3. The number of rotatable bonds is 2. The number of ether oxygens (including phenoxy) is 1. The van der Waals surface area contributed by atoms with Gasteiger partial charge >= 0.3 is 0 Å². The molecule has 124 valence electrons. The summed E-state index contributed by atoms with van der Waals surface area (Å²) in [5, 5.41) is 2.80. The molecular weight excluding hydrogens is 306 g/mol. The Kier molecular flexibility index (Phi) is 3.75. The highest BCUT2D eigenvalue weighted by Crippen LogP contribution is 2.35. The maximum absolute atomic E-state index is 12.8. The Balaban J connectivity index is 1.93. The summed E-state index contributed by atoms with van der Waals surface area (Å²) in [5.41, 5.74) is 1.03. The summed E-state index contributed by atoms with van der Waals surface area (Å²) < 4.78 is 5.73. The van der Waals surface area contributed by atoms with Gasteiger partial charge in [0.1, 0.15) is 0 Å². The number of carbonyl (C=O) groups excluding carboxylic acids is 2. The topological polar surface area (TPSA) is 71.5 Å². The molecular formula is C18H19N3O3. The molecule has 1 aromatic heterocycles. The second-order valence-electron chi connectivity index (χ2n) is 6.10. The van der Waals surface area contributed by atoms with Gasteiger partial charge in [-0.05, 0) is 44.5 Å². The second kappa shape index (κ2) is 5.63. The lowest BCUT2D eigenvalue weighted by atomic mass is 10.0. The maximum Gasteiger partial charge on any atom is 0.281 e. The third-order valence-corrected chi connectivity index (χ3v) is 4.16. The fourth-order valence-corrected chi connectivity index (χ4v) is 2.73. The van der Waals surface area contributed by atoms with Crippen molar-refractivity contribution in [1.82, 2.24) is 4.98 Å². The number of benzene rings is 1. The van der Waals surface area contributed by atoms with Gasteiger partial charge < -0.3 is 10.1 Å². The molecule has 0 spiro atoms. The van der Waals surface area contributed by atoms with Crippen molar-refractivity contribution >= 4 is 23.3 Å². The molecule has 0 bridgehead atoms. The number of hydrogen-bond donors (Lipinski definition) is 1. The van der Waals surface area contributed by atoms with Crippen LogP contribution in [0.1, 0.15) is 18.1 Å². The van der Waals surface area contributed by atoms with Crippen LogP contribution in [0.5, 0.6) is 5.75 Å². The average Bonchev–Trinajstić information content (AvgIpc) is 2.55. The standard InChI is InChI=1S/C18H19N3O3/c1-11-7-8-13(12(2)10-11)20-16(22)18(3)17(23)21(4)15-14(24-18)6-5-9-19-15/h5-10H,1-4H3,(H,20,22)/t18-/m1/s1. The first kappa shape index (κ1) is 16.0. The fourth-order valence-electron chi connectivity index (χ4n) is 2.73. The van der Waals surface area contributed by atoms with E-state index in [0.29, 0.717) is 17.3 Å². The molecule has 1 aliphatic heterocycles. The molecule has 0 aliphatic carbocycles. The van der Waals surface area contributed by atoms with Crippen molar-refractivity contribution in [2.45, 2.75) is 26.4 Å². The van der Waals surface area contributed by atoms with E-state index in [2.05, 4.69) is 10.3 Å². The van der Waals surface area contributed by atoms with Crippen molar-refractivity contribution in [3.05, 3.63) is 47.7 Å². The van der Waals surface area contributed by atoms with E-state index in [1.165, 1.54) is 11.8 Å². The van der Waals surface area contributed by atoms with Gasteiger partial charge in [0.25, 0.3) is 17.4 Å². The van der Waals surface area contributed by atoms with Gasteiger partial charge in [0.15, 0.2) is 11.6 Å². The Morgan fingerprint density at radius 2 is 2.04 bits per heavy atom. The molecule has 2 heterocycles. The first-order valence-corrected chi connectivity index (χ1v) is 7.64. The number of nitrogens with zero attached hydrogens (tertiary/aromatic N) is 2. The molecule has 0 saturated carbocycles. The monoisotopic (exact) mass is 325 g/mol. The Morgan fingerprint density at radius 3 is 2.75 bits per heavy atom. The van der Waals surface area contributed by atoms with E-state index in [9.17, 15) is 9.59 Å². The van der Waals surface area contributed by atoms with Crippen LogP contribution in [0.3, 0.4) is 0 Å². The smallest absolute Gasteiger partial charge is 0.281 e. The minimum Gasteiger partial charge on any atom is -0.464 e. The number of pyridine rings is 1. The van der Waals surface area contributed by atoms with E-state index in [1.54, 1.807) is 25.4 Å². The lowest BCUT2D eigenvalue weighted by Crippen LogP contribution is -2.60. The Morgan fingerprint density at radius 1 is 1.29 bits per heavy atom. The van der Waals surface area contributed by atoms with Crippen LogP contribution in [0.15, 0.2) is 36.5 Å². The summed E-state index contributed by atoms with van der Waals surface area (Å²) in [6.45, 7) is 5.35. The Labute approximate surface area is 140 Å². The van der Waals surface area contributed by atoms with Crippen molar-refractivity contribution in [3.8, 4) is 5.75 Å². The van der Waals surface area contributed by atoms with E-state index in [1.807, 2.05) is 32.0 Å². The molecule has 0 saturated heterocycles. The number of aromatic nitrogens is 1. The third-order valence-electron chi connectivity index (χ3n) is 4.16.